The third kappa shape index (κ3) is 3.48. The summed E-state index contributed by atoms with van der Waals surface area (Å²) in [6.07, 6.45) is 0. The third-order valence-corrected chi connectivity index (χ3v) is 4.07. The molecule has 0 unspecified atom stereocenters. The van der Waals surface area contributed by atoms with Crippen LogP contribution in [0.25, 0.3) is 0 Å². The number of anilines is 1. The fourth-order valence-corrected chi connectivity index (χ4v) is 2.59. The number of benzene rings is 2. The molecule has 2 aromatic rings. The maximum absolute atomic E-state index is 12.2. The second kappa shape index (κ2) is 5.92. The van der Waals surface area contributed by atoms with E-state index in [-0.39, 0.29) is 11.7 Å². The summed E-state index contributed by atoms with van der Waals surface area (Å²) in [7, 11) is 0. The molecule has 0 heterocycles. The van der Waals surface area contributed by atoms with Crippen LogP contribution in [0, 0.1) is 10.5 Å². The first-order valence-electron chi connectivity index (χ1n) is 5.53. The summed E-state index contributed by atoms with van der Waals surface area (Å²) >= 11 is 5.48. The zero-order valence-corrected chi connectivity index (χ0v) is 13.8. The second-order valence-corrected chi connectivity index (χ2v) is 6.16. The van der Waals surface area contributed by atoms with Crippen molar-refractivity contribution < 1.29 is 9.90 Å². The quantitative estimate of drug-likeness (QED) is 0.549. The van der Waals surface area contributed by atoms with E-state index in [1.54, 1.807) is 24.3 Å². The van der Waals surface area contributed by atoms with E-state index in [4.69, 9.17) is 0 Å². The molecule has 19 heavy (non-hydrogen) atoms. The zero-order chi connectivity index (χ0) is 14.0. The van der Waals surface area contributed by atoms with Gasteiger partial charge in [0.05, 0.1) is 5.56 Å². The minimum absolute atomic E-state index is 0.167. The summed E-state index contributed by atoms with van der Waals surface area (Å²) < 4.78 is 1.75. The van der Waals surface area contributed by atoms with Gasteiger partial charge in [-0.15, -0.1) is 0 Å². The van der Waals surface area contributed by atoms with Crippen LogP contribution in [-0.4, -0.2) is 11.0 Å². The Bertz CT molecular complexity index is 643. The van der Waals surface area contributed by atoms with E-state index in [0.29, 0.717) is 11.3 Å². The lowest BCUT2D eigenvalue weighted by molar-refractivity contribution is 0.102. The molecular formula is C14H11BrINO2. The molecule has 0 fully saturated rings. The van der Waals surface area contributed by atoms with Crippen molar-refractivity contribution in [3.05, 3.63) is 55.6 Å². The van der Waals surface area contributed by atoms with Crippen molar-refractivity contribution in [1.29, 1.82) is 0 Å². The Morgan fingerprint density at radius 1 is 1.26 bits per heavy atom. The first kappa shape index (κ1) is 14.3. The lowest BCUT2D eigenvalue weighted by atomic mass is 10.1. The van der Waals surface area contributed by atoms with Gasteiger partial charge in [0.25, 0.3) is 5.91 Å². The maximum atomic E-state index is 12.2. The number of nitrogens with one attached hydrogen (secondary N) is 1. The van der Waals surface area contributed by atoms with Crippen molar-refractivity contribution in [3.63, 3.8) is 0 Å². The van der Waals surface area contributed by atoms with Gasteiger partial charge in [0.1, 0.15) is 5.75 Å². The summed E-state index contributed by atoms with van der Waals surface area (Å²) in [6.45, 7) is 1.83. The molecule has 0 bridgehead atoms. The highest BCUT2D eigenvalue weighted by Crippen LogP contribution is 2.23. The Morgan fingerprint density at radius 3 is 2.68 bits per heavy atom. The van der Waals surface area contributed by atoms with E-state index < -0.39 is 0 Å². The van der Waals surface area contributed by atoms with Gasteiger partial charge in [-0.2, -0.15) is 0 Å². The molecule has 2 N–H and O–H groups in total. The van der Waals surface area contributed by atoms with E-state index in [0.717, 1.165) is 13.6 Å². The molecule has 5 heteroatoms. The average molecular weight is 432 g/mol. The van der Waals surface area contributed by atoms with Crippen LogP contribution in [0.2, 0.25) is 0 Å². The molecule has 3 nitrogen and oxygen atoms in total. The minimum atomic E-state index is -0.167. The number of carbonyl (C=O) groups is 1. The largest absolute Gasteiger partial charge is 0.508 e. The lowest BCUT2D eigenvalue weighted by Gasteiger charge is -2.10. The summed E-state index contributed by atoms with van der Waals surface area (Å²) in [6, 6.07) is 10.4. The van der Waals surface area contributed by atoms with Gasteiger partial charge in [-0.1, -0.05) is 15.9 Å². The van der Waals surface area contributed by atoms with Gasteiger partial charge >= 0.3 is 0 Å². The fraction of sp³-hybridized carbons (Fsp3) is 0.0714. The van der Waals surface area contributed by atoms with Gasteiger partial charge in [-0.05, 0) is 71.5 Å². The third-order valence-electron chi connectivity index (χ3n) is 2.63. The normalized spacial score (nSPS) is 10.3. The van der Waals surface area contributed by atoms with Crippen LogP contribution in [-0.2, 0) is 0 Å². The average Bonchev–Trinajstić information content (AvgIpc) is 2.35. The molecule has 0 saturated carbocycles. The van der Waals surface area contributed by atoms with E-state index in [2.05, 4.69) is 43.8 Å². The number of carbonyl (C=O) groups excluding carboxylic acids is 1. The minimum Gasteiger partial charge on any atom is -0.508 e. The van der Waals surface area contributed by atoms with Gasteiger partial charge < -0.3 is 10.4 Å². The number of rotatable bonds is 2. The number of hydrogen-bond donors (Lipinski definition) is 2. The monoisotopic (exact) mass is 431 g/mol. The van der Waals surface area contributed by atoms with Crippen LogP contribution in [0.15, 0.2) is 40.9 Å². The molecule has 0 radical (unpaired) electrons. The zero-order valence-electron chi connectivity index (χ0n) is 10.1. The first-order valence-corrected chi connectivity index (χ1v) is 7.40. The van der Waals surface area contributed by atoms with Gasteiger partial charge in [-0.3, -0.25) is 4.79 Å². The van der Waals surface area contributed by atoms with Crippen molar-refractivity contribution in [1.82, 2.24) is 0 Å². The summed E-state index contributed by atoms with van der Waals surface area (Å²) in [5.41, 5.74) is 2.12. The fourth-order valence-electron chi connectivity index (χ4n) is 1.65. The number of amides is 1. The molecule has 0 aliphatic carbocycles. The Labute approximate surface area is 133 Å². The number of hydrogen-bond acceptors (Lipinski definition) is 2. The Morgan fingerprint density at radius 2 is 2.00 bits per heavy atom. The number of phenolic OH excluding ortho intramolecular Hbond substituents is 1. The Hall–Kier alpha value is -1.08. The standard InChI is InChI=1S/C14H11BrINO2/c1-8-6-10(18)3-5-13(8)17-14(19)11-7-9(15)2-4-12(11)16/h2-7,18H,1H3,(H,17,19). The number of halogens is 2. The van der Waals surface area contributed by atoms with Crippen molar-refractivity contribution in [2.75, 3.05) is 5.32 Å². The predicted molar refractivity (Wildman–Crippen MR) is 87.7 cm³/mol. The van der Waals surface area contributed by atoms with Crippen LogP contribution in [0.1, 0.15) is 15.9 Å². The highest BCUT2D eigenvalue weighted by atomic mass is 127. The summed E-state index contributed by atoms with van der Waals surface area (Å²) in [5, 5.41) is 12.2. The molecule has 0 aliphatic rings. The molecule has 0 spiro atoms. The number of aryl methyl sites for hydroxylation is 1. The Kier molecular flexibility index (Phi) is 4.46. The van der Waals surface area contributed by atoms with Crippen LogP contribution < -0.4 is 5.32 Å². The van der Waals surface area contributed by atoms with Crippen LogP contribution in [0.5, 0.6) is 5.75 Å². The van der Waals surface area contributed by atoms with E-state index in [9.17, 15) is 9.90 Å². The van der Waals surface area contributed by atoms with Gasteiger partial charge in [0.2, 0.25) is 0 Å². The van der Waals surface area contributed by atoms with Gasteiger partial charge in [0, 0.05) is 13.7 Å². The molecule has 0 aromatic heterocycles. The summed E-state index contributed by atoms with van der Waals surface area (Å²) in [5.74, 6) is 0.0204. The topological polar surface area (TPSA) is 49.3 Å². The van der Waals surface area contributed by atoms with Crippen molar-refractivity contribution in [2.24, 2.45) is 0 Å². The molecule has 2 rings (SSSR count). The van der Waals surface area contributed by atoms with Crippen LogP contribution >= 0.6 is 38.5 Å². The molecule has 0 atom stereocenters. The van der Waals surface area contributed by atoms with Crippen LogP contribution in [0.4, 0.5) is 5.69 Å². The van der Waals surface area contributed by atoms with E-state index >= 15 is 0 Å². The molecule has 0 aliphatic heterocycles. The smallest absolute Gasteiger partial charge is 0.256 e. The molecular weight excluding hydrogens is 421 g/mol. The van der Waals surface area contributed by atoms with E-state index in [1.165, 1.54) is 0 Å². The van der Waals surface area contributed by atoms with Gasteiger partial charge in [-0.25, -0.2) is 0 Å². The SMILES string of the molecule is Cc1cc(O)ccc1NC(=O)c1cc(Br)ccc1I. The highest BCUT2D eigenvalue weighted by Gasteiger charge is 2.12. The van der Waals surface area contributed by atoms with E-state index in [1.807, 2.05) is 19.1 Å². The van der Waals surface area contributed by atoms with Crippen molar-refractivity contribution in [2.45, 2.75) is 6.92 Å². The molecule has 1 amide bonds. The molecule has 2 aromatic carbocycles. The second-order valence-electron chi connectivity index (χ2n) is 4.08. The molecule has 98 valence electrons. The first-order chi connectivity index (χ1) is 8.97. The van der Waals surface area contributed by atoms with Crippen LogP contribution in [0.3, 0.4) is 0 Å². The number of phenols is 1. The Balaban J connectivity index is 2.28. The lowest BCUT2D eigenvalue weighted by Crippen LogP contribution is -2.14. The molecule has 0 saturated heterocycles. The predicted octanol–water partition coefficient (Wildman–Crippen LogP) is 4.32. The maximum Gasteiger partial charge on any atom is 0.256 e. The highest BCUT2D eigenvalue weighted by molar-refractivity contribution is 14.1. The summed E-state index contributed by atoms with van der Waals surface area (Å²) in [4.78, 5) is 12.2. The number of aromatic hydroxyl groups is 1. The van der Waals surface area contributed by atoms with Gasteiger partial charge in [0.15, 0.2) is 0 Å². The van der Waals surface area contributed by atoms with Crippen molar-refractivity contribution >= 4 is 50.1 Å². The van der Waals surface area contributed by atoms with Crippen molar-refractivity contribution in [3.8, 4) is 5.75 Å².